The van der Waals surface area contributed by atoms with Crippen LogP contribution in [0, 0.1) is 5.92 Å². The first kappa shape index (κ1) is 15.3. The molecule has 1 saturated heterocycles. The van der Waals surface area contributed by atoms with Crippen molar-refractivity contribution in [3.05, 3.63) is 0 Å². The number of carbonyl (C=O) groups is 2. The van der Waals surface area contributed by atoms with Gasteiger partial charge in [0.05, 0.1) is 6.42 Å². The smallest absolute Gasteiger partial charge is 0.304 e. The fourth-order valence-electron chi connectivity index (χ4n) is 3.38. The molecule has 1 aliphatic carbocycles. The molecule has 1 N–H and O–H groups in total. The van der Waals surface area contributed by atoms with Gasteiger partial charge in [-0.25, -0.2) is 0 Å². The van der Waals surface area contributed by atoms with Gasteiger partial charge in [0.1, 0.15) is 0 Å². The third-order valence-corrected chi connectivity index (χ3v) is 4.70. The molecule has 1 heterocycles. The summed E-state index contributed by atoms with van der Waals surface area (Å²) in [6.07, 6.45) is 5.86. The number of carboxylic acid groups (broad SMARTS) is 1. The average molecular weight is 282 g/mol. The van der Waals surface area contributed by atoms with Crippen LogP contribution in [0.15, 0.2) is 0 Å². The molecule has 2 aliphatic rings. The van der Waals surface area contributed by atoms with Crippen molar-refractivity contribution >= 4 is 11.9 Å². The molecule has 0 radical (unpaired) electrons. The van der Waals surface area contributed by atoms with Gasteiger partial charge in [-0.1, -0.05) is 12.8 Å². The third kappa shape index (κ3) is 4.20. The van der Waals surface area contributed by atoms with E-state index >= 15 is 0 Å². The van der Waals surface area contributed by atoms with Crippen LogP contribution in [-0.2, 0) is 9.59 Å². The van der Waals surface area contributed by atoms with E-state index in [9.17, 15) is 9.59 Å². The summed E-state index contributed by atoms with van der Waals surface area (Å²) in [7, 11) is 0. The van der Waals surface area contributed by atoms with Gasteiger partial charge in [0.2, 0.25) is 5.91 Å². The highest BCUT2D eigenvalue weighted by Crippen LogP contribution is 2.28. The van der Waals surface area contributed by atoms with Crippen LogP contribution in [0.2, 0.25) is 0 Å². The maximum absolute atomic E-state index is 12.2. The van der Waals surface area contributed by atoms with E-state index in [2.05, 4.69) is 4.90 Å². The van der Waals surface area contributed by atoms with E-state index in [-0.39, 0.29) is 12.5 Å². The van der Waals surface area contributed by atoms with Gasteiger partial charge < -0.3 is 10.0 Å². The van der Waals surface area contributed by atoms with Crippen molar-refractivity contribution in [2.45, 2.75) is 51.5 Å². The zero-order valence-corrected chi connectivity index (χ0v) is 12.4. The summed E-state index contributed by atoms with van der Waals surface area (Å²) in [5, 5.41) is 8.82. The number of nitrogens with zero attached hydrogens (tertiary/aromatic N) is 2. The number of carbonyl (C=O) groups excluding carboxylic acids is 1. The Morgan fingerprint density at radius 2 is 1.75 bits per heavy atom. The van der Waals surface area contributed by atoms with Crippen LogP contribution in [0.3, 0.4) is 0 Å². The molecule has 0 aromatic rings. The van der Waals surface area contributed by atoms with Crippen molar-refractivity contribution < 1.29 is 14.7 Å². The minimum atomic E-state index is -0.753. The van der Waals surface area contributed by atoms with E-state index in [1.165, 1.54) is 25.7 Å². The molecule has 0 aromatic carbocycles. The van der Waals surface area contributed by atoms with Crippen molar-refractivity contribution in [1.29, 1.82) is 0 Å². The van der Waals surface area contributed by atoms with Gasteiger partial charge in [-0.15, -0.1) is 0 Å². The number of piperazine rings is 1. The topological polar surface area (TPSA) is 60.9 Å². The fourth-order valence-corrected chi connectivity index (χ4v) is 3.38. The third-order valence-electron chi connectivity index (χ3n) is 4.70. The van der Waals surface area contributed by atoms with Crippen molar-refractivity contribution in [1.82, 2.24) is 9.80 Å². The number of amides is 1. The predicted octanol–water partition coefficient (Wildman–Crippen LogP) is 1.57. The quantitative estimate of drug-likeness (QED) is 0.831. The lowest BCUT2D eigenvalue weighted by Crippen LogP contribution is -2.51. The minimum absolute atomic E-state index is 0.0552. The van der Waals surface area contributed by atoms with Gasteiger partial charge in [0.15, 0.2) is 0 Å². The molecule has 1 amide bonds. The molecular weight excluding hydrogens is 256 g/mol. The molecule has 0 spiro atoms. The monoisotopic (exact) mass is 282 g/mol. The Morgan fingerprint density at radius 3 is 2.30 bits per heavy atom. The maximum Gasteiger partial charge on any atom is 0.304 e. The molecule has 1 aliphatic heterocycles. The number of carboxylic acids is 1. The summed E-state index contributed by atoms with van der Waals surface area (Å²) in [4.78, 5) is 27.1. The Labute approximate surface area is 120 Å². The second kappa shape index (κ2) is 7.07. The average Bonchev–Trinajstić information content (AvgIpc) is 2.91. The van der Waals surface area contributed by atoms with Crippen LogP contribution in [0.25, 0.3) is 0 Å². The van der Waals surface area contributed by atoms with E-state index in [1.54, 1.807) is 0 Å². The number of aliphatic carboxylic acids is 1. The Kier molecular flexibility index (Phi) is 5.40. The largest absolute Gasteiger partial charge is 0.481 e. The second-order valence-corrected chi connectivity index (χ2v) is 6.22. The van der Waals surface area contributed by atoms with E-state index in [4.69, 9.17) is 5.11 Å². The summed E-state index contributed by atoms with van der Waals surface area (Å²) in [6.45, 7) is 5.03. The molecule has 0 bridgehead atoms. The molecule has 2 fully saturated rings. The van der Waals surface area contributed by atoms with Crippen molar-refractivity contribution in [3.8, 4) is 0 Å². The van der Waals surface area contributed by atoms with Crippen molar-refractivity contribution in [2.75, 3.05) is 26.2 Å². The van der Waals surface area contributed by atoms with Gasteiger partial charge in [0.25, 0.3) is 0 Å². The zero-order valence-electron chi connectivity index (χ0n) is 12.4. The Morgan fingerprint density at radius 1 is 1.15 bits per heavy atom. The molecule has 1 atom stereocenters. The van der Waals surface area contributed by atoms with Crippen LogP contribution >= 0.6 is 0 Å². The molecule has 1 saturated carbocycles. The minimum Gasteiger partial charge on any atom is -0.481 e. The number of hydrogen-bond acceptors (Lipinski definition) is 3. The SMILES string of the molecule is CC(CC(=O)O)N1CCN(C(=O)CC2CCCC2)CC1. The van der Waals surface area contributed by atoms with E-state index in [0.717, 1.165) is 26.2 Å². The molecular formula is C15H26N2O3. The summed E-state index contributed by atoms with van der Waals surface area (Å²) >= 11 is 0. The summed E-state index contributed by atoms with van der Waals surface area (Å²) < 4.78 is 0. The van der Waals surface area contributed by atoms with Gasteiger partial charge in [0, 0.05) is 38.6 Å². The molecule has 5 heteroatoms. The summed E-state index contributed by atoms with van der Waals surface area (Å²) in [6, 6.07) is 0.0552. The summed E-state index contributed by atoms with van der Waals surface area (Å²) in [5.74, 6) is 0.145. The standard InChI is InChI=1S/C15H26N2O3/c1-12(10-15(19)20)16-6-8-17(9-7-16)14(18)11-13-4-2-3-5-13/h12-13H,2-11H2,1H3,(H,19,20). The van der Waals surface area contributed by atoms with Crippen LogP contribution < -0.4 is 0 Å². The maximum atomic E-state index is 12.2. The lowest BCUT2D eigenvalue weighted by Gasteiger charge is -2.38. The molecule has 5 nitrogen and oxygen atoms in total. The molecule has 2 rings (SSSR count). The van der Waals surface area contributed by atoms with E-state index in [1.807, 2.05) is 11.8 Å². The van der Waals surface area contributed by atoms with E-state index in [0.29, 0.717) is 18.2 Å². The normalized spacial score (nSPS) is 22.9. The van der Waals surface area contributed by atoms with Crippen LogP contribution in [0.4, 0.5) is 0 Å². The van der Waals surface area contributed by atoms with Crippen molar-refractivity contribution in [3.63, 3.8) is 0 Å². The molecule has 114 valence electrons. The molecule has 20 heavy (non-hydrogen) atoms. The first-order chi connectivity index (χ1) is 9.56. The molecule has 0 aromatic heterocycles. The highest BCUT2D eigenvalue weighted by Gasteiger charge is 2.27. The Balaban J connectivity index is 1.72. The fraction of sp³-hybridized carbons (Fsp3) is 0.867. The number of rotatable bonds is 5. The summed E-state index contributed by atoms with van der Waals surface area (Å²) in [5.41, 5.74) is 0. The van der Waals surface area contributed by atoms with Gasteiger partial charge in [-0.05, 0) is 25.7 Å². The lowest BCUT2D eigenvalue weighted by molar-refractivity contribution is -0.139. The van der Waals surface area contributed by atoms with Gasteiger partial charge >= 0.3 is 5.97 Å². The van der Waals surface area contributed by atoms with Crippen LogP contribution in [0.5, 0.6) is 0 Å². The van der Waals surface area contributed by atoms with Crippen LogP contribution in [0.1, 0.15) is 45.4 Å². The predicted molar refractivity (Wildman–Crippen MR) is 76.4 cm³/mol. The van der Waals surface area contributed by atoms with Gasteiger partial charge in [-0.2, -0.15) is 0 Å². The Bertz CT molecular complexity index is 345. The molecule has 1 unspecified atom stereocenters. The van der Waals surface area contributed by atoms with Crippen LogP contribution in [-0.4, -0.2) is 59.0 Å². The highest BCUT2D eigenvalue weighted by atomic mass is 16.4. The number of hydrogen-bond donors (Lipinski definition) is 1. The van der Waals surface area contributed by atoms with Gasteiger partial charge in [-0.3, -0.25) is 14.5 Å². The Hall–Kier alpha value is -1.10. The highest BCUT2D eigenvalue weighted by molar-refractivity contribution is 5.76. The lowest BCUT2D eigenvalue weighted by atomic mass is 10.0. The zero-order chi connectivity index (χ0) is 14.5. The van der Waals surface area contributed by atoms with Crippen molar-refractivity contribution in [2.24, 2.45) is 5.92 Å². The van der Waals surface area contributed by atoms with E-state index < -0.39 is 5.97 Å². The second-order valence-electron chi connectivity index (χ2n) is 6.22. The first-order valence-electron chi connectivity index (χ1n) is 7.80. The first-order valence-corrected chi connectivity index (χ1v) is 7.80.